The van der Waals surface area contributed by atoms with Crippen molar-refractivity contribution in [2.45, 2.75) is 53.6 Å². The van der Waals surface area contributed by atoms with E-state index in [-0.39, 0.29) is 23.2 Å². The predicted molar refractivity (Wildman–Crippen MR) is 251 cm³/mol. The fraction of sp³-hybridized carbons (Fsp3) is 0.244. The van der Waals surface area contributed by atoms with Gasteiger partial charge in [0.25, 0.3) is 11.8 Å². The number of primary amides is 1. The fourth-order valence-electron chi connectivity index (χ4n) is 6.58. The maximum absolute atomic E-state index is 13.2. The third-order valence-corrected chi connectivity index (χ3v) is 11.4. The van der Waals surface area contributed by atoms with Gasteiger partial charge in [-0.15, -0.1) is 0 Å². The van der Waals surface area contributed by atoms with E-state index in [0.717, 1.165) is 11.1 Å². The zero-order chi connectivity index (χ0) is 46.4. The lowest BCUT2D eigenvalue weighted by Gasteiger charge is -2.19. The molecule has 2 heterocycles. The van der Waals surface area contributed by atoms with Gasteiger partial charge in [-0.1, -0.05) is 122 Å². The van der Waals surface area contributed by atoms with Crippen molar-refractivity contribution in [3.8, 4) is 33.9 Å². The standard InChI is InChI=1S/C23H22Cl3N3O3.C22H21Cl3N4O2/c1-12(2)19(23(31)32-4)27-22(30)20-13(3)21(14-5-7-15(24)8-6-14)29(28-20)18-10-9-16(25)11-17(18)26;1-11(2)18(21(26)30)27-22(31)19-12(3)20(13-4-6-14(23)7-5-13)29(28-19)17-9-8-15(24)10-16(17)25/h5-12,19H,1-4H3,(H,27,30);4-11,18H,1-3H3,(H2,26,30)(H,27,31)/t19-;18-/m00/s1. The number of rotatable bonds is 12. The van der Waals surface area contributed by atoms with Crippen molar-refractivity contribution in [1.29, 1.82) is 0 Å². The summed E-state index contributed by atoms with van der Waals surface area (Å²) in [6, 6.07) is 22.7. The van der Waals surface area contributed by atoms with Crippen molar-refractivity contribution in [3.63, 3.8) is 0 Å². The van der Waals surface area contributed by atoms with E-state index in [1.54, 1.807) is 97.7 Å². The summed E-state index contributed by atoms with van der Waals surface area (Å²) in [5.74, 6) is -2.48. The van der Waals surface area contributed by atoms with Crippen molar-refractivity contribution in [2.75, 3.05) is 7.11 Å². The average Bonchev–Trinajstić information content (AvgIpc) is 3.75. The highest BCUT2D eigenvalue weighted by Gasteiger charge is 2.30. The van der Waals surface area contributed by atoms with Gasteiger partial charge in [-0.3, -0.25) is 14.4 Å². The molecule has 6 rings (SSSR count). The van der Waals surface area contributed by atoms with E-state index >= 15 is 0 Å². The molecule has 2 atom stereocenters. The Bertz CT molecular complexity index is 2660. The largest absolute Gasteiger partial charge is 0.467 e. The molecule has 330 valence electrons. The number of hydrogen-bond donors (Lipinski definition) is 3. The maximum atomic E-state index is 13.2. The molecule has 0 spiro atoms. The minimum Gasteiger partial charge on any atom is -0.467 e. The second-order valence-electron chi connectivity index (χ2n) is 15.0. The van der Waals surface area contributed by atoms with E-state index in [4.69, 9.17) is 80.1 Å². The molecule has 4 aromatic carbocycles. The molecular weight excluding hydrogens is 931 g/mol. The van der Waals surface area contributed by atoms with Gasteiger partial charge in [0.1, 0.15) is 12.1 Å². The van der Waals surface area contributed by atoms with Gasteiger partial charge in [-0.2, -0.15) is 10.2 Å². The first kappa shape index (κ1) is 48.9. The number of benzene rings is 4. The van der Waals surface area contributed by atoms with Crippen LogP contribution < -0.4 is 16.4 Å². The average molecular weight is 975 g/mol. The second-order valence-corrected chi connectivity index (χ2v) is 17.5. The zero-order valence-electron chi connectivity index (χ0n) is 35.1. The molecule has 63 heavy (non-hydrogen) atoms. The van der Waals surface area contributed by atoms with E-state index < -0.39 is 35.8 Å². The number of hydrogen-bond acceptors (Lipinski definition) is 7. The number of halogens is 6. The highest BCUT2D eigenvalue weighted by atomic mass is 35.5. The predicted octanol–water partition coefficient (Wildman–Crippen LogP) is 10.8. The number of nitrogens with one attached hydrogen (secondary N) is 2. The Morgan fingerprint density at radius 2 is 0.921 bits per heavy atom. The molecule has 3 amide bonds. The first-order valence-electron chi connectivity index (χ1n) is 19.3. The Balaban J connectivity index is 0.000000238. The van der Waals surface area contributed by atoms with Gasteiger partial charge in [0.05, 0.1) is 39.9 Å². The van der Waals surface area contributed by atoms with Gasteiger partial charge in [0, 0.05) is 42.3 Å². The fourth-order valence-corrected chi connectivity index (χ4v) is 7.81. The van der Waals surface area contributed by atoms with E-state index in [2.05, 4.69) is 20.8 Å². The normalized spacial score (nSPS) is 12.0. The molecular formula is C45H43Cl6N7O5. The Hall–Kier alpha value is -5.08. The van der Waals surface area contributed by atoms with Gasteiger partial charge in [0.2, 0.25) is 5.91 Å². The van der Waals surface area contributed by atoms with Crippen LogP contribution in [0.1, 0.15) is 59.8 Å². The highest BCUT2D eigenvalue weighted by Crippen LogP contribution is 2.35. The number of aromatic nitrogens is 4. The van der Waals surface area contributed by atoms with Gasteiger partial charge < -0.3 is 21.1 Å². The van der Waals surface area contributed by atoms with Crippen LogP contribution in [0, 0.1) is 25.7 Å². The zero-order valence-corrected chi connectivity index (χ0v) is 39.6. The summed E-state index contributed by atoms with van der Waals surface area (Å²) in [5, 5.41) is 17.4. The van der Waals surface area contributed by atoms with Crippen LogP contribution in [0.3, 0.4) is 0 Å². The molecule has 0 aliphatic carbocycles. The summed E-state index contributed by atoms with van der Waals surface area (Å²) >= 11 is 37.1. The number of nitrogens with zero attached hydrogens (tertiary/aromatic N) is 4. The van der Waals surface area contributed by atoms with Gasteiger partial charge >= 0.3 is 5.97 Å². The molecule has 0 radical (unpaired) electrons. The topological polar surface area (TPSA) is 163 Å². The SMILES string of the molecule is COC(=O)[C@@H](NC(=O)c1nn(-c2ccc(Cl)cc2Cl)c(-c2ccc(Cl)cc2)c1C)C(C)C.Cc1c(C(=O)N[C@H](C(N)=O)C(C)C)nn(-c2ccc(Cl)cc2Cl)c1-c1ccc(Cl)cc1. The Kier molecular flexibility index (Phi) is 16.4. The Labute approximate surface area is 394 Å². The molecule has 0 saturated carbocycles. The maximum Gasteiger partial charge on any atom is 0.328 e. The van der Waals surface area contributed by atoms with Crippen molar-refractivity contribution in [1.82, 2.24) is 30.2 Å². The number of esters is 1. The van der Waals surface area contributed by atoms with E-state index in [0.29, 0.717) is 64.0 Å². The van der Waals surface area contributed by atoms with Crippen molar-refractivity contribution < 1.29 is 23.9 Å². The summed E-state index contributed by atoms with van der Waals surface area (Å²) in [6.07, 6.45) is 0. The van der Waals surface area contributed by atoms with Gasteiger partial charge in [-0.05, 0) is 86.3 Å². The lowest BCUT2D eigenvalue weighted by Crippen LogP contribution is -2.47. The highest BCUT2D eigenvalue weighted by molar-refractivity contribution is 6.36. The smallest absolute Gasteiger partial charge is 0.328 e. The number of nitrogens with two attached hydrogens (primary N) is 1. The summed E-state index contributed by atoms with van der Waals surface area (Å²) in [4.78, 5) is 50.1. The van der Waals surface area contributed by atoms with Crippen LogP contribution in [-0.2, 0) is 14.3 Å². The quantitative estimate of drug-likeness (QED) is 0.103. The third-order valence-electron chi connectivity index (χ3n) is 9.85. The van der Waals surface area contributed by atoms with E-state index in [9.17, 15) is 19.2 Å². The summed E-state index contributed by atoms with van der Waals surface area (Å²) in [7, 11) is 1.28. The monoisotopic (exact) mass is 971 g/mol. The molecule has 12 nitrogen and oxygen atoms in total. The molecule has 4 N–H and O–H groups in total. The summed E-state index contributed by atoms with van der Waals surface area (Å²) in [6.45, 7) is 10.8. The van der Waals surface area contributed by atoms with Crippen LogP contribution >= 0.6 is 69.6 Å². The summed E-state index contributed by atoms with van der Waals surface area (Å²) < 4.78 is 8.00. The van der Waals surface area contributed by atoms with Crippen LogP contribution in [0.25, 0.3) is 33.9 Å². The van der Waals surface area contributed by atoms with E-state index in [1.165, 1.54) is 7.11 Å². The minimum atomic E-state index is -0.824. The van der Waals surface area contributed by atoms with Crippen molar-refractivity contribution >= 4 is 93.3 Å². The molecule has 0 saturated heterocycles. The first-order valence-corrected chi connectivity index (χ1v) is 21.6. The number of carbonyl (C=O) groups is 4. The molecule has 0 bridgehead atoms. The second kappa shape index (κ2) is 21.1. The first-order chi connectivity index (χ1) is 29.7. The van der Waals surface area contributed by atoms with Crippen LogP contribution in [0.2, 0.25) is 30.1 Å². The number of carbonyl (C=O) groups excluding carboxylic acids is 4. The number of amides is 3. The van der Waals surface area contributed by atoms with Gasteiger partial charge in [-0.25, -0.2) is 14.2 Å². The van der Waals surface area contributed by atoms with Crippen LogP contribution in [-0.4, -0.2) is 62.4 Å². The molecule has 0 unspecified atom stereocenters. The molecule has 18 heteroatoms. The van der Waals surface area contributed by atoms with Crippen LogP contribution in [0.5, 0.6) is 0 Å². The number of methoxy groups -OCH3 is 1. The van der Waals surface area contributed by atoms with Crippen LogP contribution in [0.15, 0.2) is 84.9 Å². The minimum absolute atomic E-state index is 0.155. The lowest BCUT2D eigenvalue weighted by atomic mass is 10.0. The molecule has 2 aromatic heterocycles. The summed E-state index contributed by atoms with van der Waals surface area (Å²) in [5.41, 5.74) is 11.0. The molecule has 0 fully saturated rings. The Morgan fingerprint density at radius 3 is 1.24 bits per heavy atom. The Morgan fingerprint density at radius 1 is 0.571 bits per heavy atom. The molecule has 0 aliphatic rings. The van der Waals surface area contributed by atoms with Crippen molar-refractivity contribution in [2.24, 2.45) is 17.6 Å². The van der Waals surface area contributed by atoms with Crippen LogP contribution in [0.4, 0.5) is 0 Å². The number of ether oxygens (including phenoxy) is 1. The lowest BCUT2D eigenvalue weighted by molar-refractivity contribution is -0.144. The third kappa shape index (κ3) is 11.4. The van der Waals surface area contributed by atoms with Crippen molar-refractivity contribution in [3.05, 3.63) is 138 Å². The van der Waals surface area contributed by atoms with Gasteiger partial charge in [0.15, 0.2) is 11.4 Å². The molecule has 0 aliphatic heterocycles. The van der Waals surface area contributed by atoms with E-state index in [1.807, 2.05) is 38.1 Å². The molecule has 6 aromatic rings.